The minimum Gasteiger partial charge on any atom is -0.482 e. The van der Waals surface area contributed by atoms with E-state index in [9.17, 15) is 4.79 Å². The first kappa shape index (κ1) is 14.7. The molecule has 2 heterocycles. The SMILES string of the molecule is O=C1COc2ccccc2N1CCCNC1CCCSC1. The molecule has 21 heavy (non-hydrogen) atoms. The lowest BCUT2D eigenvalue weighted by atomic mass is 10.2. The van der Waals surface area contributed by atoms with Gasteiger partial charge in [-0.1, -0.05) is 12.1 Å². The number of ether oxygens (including phenoxy) is 1. The van der Waals surface area contributed by atoms with Crippen LogP contribution in [-0.4, -0.2) is 43.2 Å². The molecule has 0 aliphatic carbocycles. The first-order valence-electron chi connectivity index (χ1n) is 7.68. The second-order valence-corrected chi connectivity index (χ2v) is 6.67. The zero-order valence-electron chi connectivity index (χ0n) is 12.2. The number of carbonyl (C=O) groups excluding carboxylic acids is 1. The number of anilines is 1. The Morgan fingerprint density at radius 3 is 3.14 bits per heavy atom. The number of thioether (sulfide) groups is 1. The largest absolute Gasteiger partial charge is 0.482 e. The molecule has 0 spiro atoms. The summed E-state index contributed by atoms with van der Waals surface area (Å²) in [5.74, 6) is 3.40. The summed E-state index contributed by atoms with van der Waals surface area (Å²) in [7, 11) is 0. The number of nitrogens with one attached hydrogen (secondary N) is 1. The van der Waals surface area contributed by atoms with Gasteiger partial charge in [0.15, 0.2) is 6.61 Å². The molecule has 1 atom stereocenters. The van der Waals surface area contributed by atoms with E-state index in [1.807, 2.05) is 40.9 Å². The van der Waals surface area contributed by atoms with E-state index in [4.69, 9.17) is 4.74 Å². The Morgan fingerprint density at radius 2 is 2.29 bits per heavy atom. The summed E-state index contributed by atoms with van der Waals surface area (Å²) in [6.07, 6.45) is 3.57. The number of amides is 1. The van der Waals surface area contributed by atoms with Crippen LogP contribution in [0.15, 0.2) is 24.3 Å². The summed E-state index contributed by atoms with van der Waals surface area (Å²) in [5, 5.41) is 3.61. The highest BCUT2D eigenvalue weighted by molar-refractivity contribution is 7.99. The van der Waals surface area contributed by atoms with E-state index in [1.165, 1.54) is 24.3 Å². The number of hydrogen-bond donors (Lipinski definition) is 1. The van der Waals surface area contributed by atoms with E-state index in [-0.39, 0.29) is 12.5 Å². The fraction of sp³-hybridized carbons (Fsp3) is 0.562. The maximum Gasteiger partial charge on any atom is 0.265 e. The molecular formula is C16H22N2O2S. The highest BCUT2D eigenvalue weighted by atomic mass is 32.2. The van der Waals surface area contributed by atoms with Crippen LogP contribution in [0, 0.1) is 0 Å². The minimum absolute atomic E-state index is 0.0573. The molecule has 1 fully saturated rings. The number of para-hydroxylation sites is 2. The van der Waals surface area contributed by atoms with Crippen molar-refractivity contribution in [2.24, 2.45) is 0 Å². The van der Waals surface area contributed by atoms with Crippen LogP contribution in [0.4, 0.5) is 5.69 Å². The van der Waals surface area contributed by atoms with E-state index in [1.54, 1.807) is 0 Å². The number of fused-ring (bicyclic) bond motifs is 1. The number of hydrogen-bond acceptors (Lipinski definition) is 4. The first-order chi connectivity index (χ1) is 10.3. The van der Waals surface area contributed by atoms with Gasteiger partial charge in [0.25, 0.3) is 5.91 Å². The highest BCUT2D eigenvalue weighted by Crippen LogP contribution is 2.31. The van der Waals surface area contributed by atoms with Gasteiger partial charge in [-0.2, -0.15) is 11.8 Å². The van der Waals surface area contributed by atoms with E-state index in [0.717, 1.165) is 30.9 Å². The predicted octanol–water partition coefficient (Wildman–Crippen LogP) is 2.29. The van der Waals surface area contributed by atoms with Crippen LogP contribution < -0.4 is 15.0 Å². The quantitative estimate of drug-likeness (QED) is 0.848. The monoisotopic (exact) mass is 306 g/mol. The lowest BCUT2D eigenvalue weighted by molar-refractivity contribution is -0.121. The average molecular weight is 306 g/mol. The van der Waals surface area contributed by atoms with Gasteiger partial charge in [-0.25, -0.2) is 0 Å². The van der Waals surface area contributed by atoms with E-state index in [2.05, 4.69) is 5.32 Å². The molecule has 0 aromatic heterocycles. The van der Waals surface area contributed by atoms with Crippen molar-refractivity contribution in [2.45, 2.75) is 25.3 Å². The smallest absolute Gasteiger partial charge is 0.265 e. The van der Waals surface area contributed by atoms with Crippen LogP contribution in [0.1, 0.15) is 19.3 Å². The standard InChI is InChI=1S/C16H22N2O2S/c19-16-11-20-15-7-2-1-6-14(15)18(16)9-4-8-17-13-5-3-10-21-12-13/h1-2,6-7,13,17H,3-5,8-12H2. The fourth-order valence-electron chi connectivity index (χ4n) is 2.84. The molecule has 1 N–H and O–H groups in total. The van der Waals surface area contributed by atoms with Gasteiger partial charge in [-0.05, 0) is 43.7 Å². The number of benzene rings is 1. The Bertz CT molecular complexity index is 489. The zero-order valence-corrected chi connectivity index (χ0v) is 13.0. The lowest BCUT2D eigenvalue weighted by Crippen LogP contribution is -2.41. The van der Waals surface area contributed by atoms with Gasteiger partial charge in [0.05, 0.1) is 5.69 Å². The zero-order chi connectivity index (χ0) is 14.5. The molecule has 1 aromatic rings. The molecule has 3 rings (SSSR count). The molecule has 2 aliphatic rings. The molecule has 5 heteroatoms. The lowest BCUT2D eigenvalue weighted by Gasteiger charge is -2.29. The van der Waals surface area contributed by atoms with Crippen molar-refractivity contribution in [3.05, 3.63) is 24.3 Å². The third-order valence-corrected chi connectivity index (χ3v) is 5.18. The van der Waals surface area contributed by atoms with Gasteiger partial charge in [0, 0.05) is 18.3 Å². The first-order valence-corrected chi connectivity index (χ1v) is 8.83. The van der Waals surface area contributed by atoms with Crippen molar-refractivity contribution in [1.29, 1.82) is 0 Å². The summed E-state index contributed by atoms with van der Waals surface area (Å²) < 4.78 is 5.46. The van der Waals surface area contributed by atoms with Crippen LogP contribution >= 0.6 is 11.8 Å². The summed E-state index contributed by atoms with van der Waals surface area (Å²) in [6, 6.07) is 8.42. The third-order valence-electron chi connectivity index (χ3n) is 3.96. The Morgan fingerprint density at radius 1 is 1.38 bits per heavy atom. The second-order valence-electron chi connectivity index (χ2n) is 5.52. The van der Waals surface area contributed by atoms with Crippen LogP contribution in [0.25, 0.3) is 0 Å². The van der Waals surface area contributed by atoms with Crippen molar-refractivity contribution >= 4 is 23.4 Å². The Labute approximate surface area is 130 Å². The Kier molecular flexibility index (Phi) is 5.04. The molecule has 114 valence electrons. The van der Waals surface area contributed by atoms with Crippen molar-refractivity contribution in [1.82, 2.24) is 5.32 Å². The molecule has 0 saturated carbocycles. The summed E-state index contributed by atoms with van der Waals surface area (Å²) >= 11 is 2.04. The molecular weight excluding hydrogens is 284 g/mol. The molecule has 2 aliphatic heterocycles. The Balaban J connectivity index is 1.49. The highest BCUT2D eigenvalue weighted by Gasteiger charge is 2.24. The summed E-state index contributed by atoms with van der Waals surface area (Å²) in [6.45, 7) is 1.88. The summed E-state index contributed by atoms with van der Waals surface area (Å²) in [5.41, 5.74) is 0.905. The fourth-order valence-corrected chi connectivity index (χ4v) is 3.95. The van der Waals surface area contributed by atoms with Crippen molar-refractivity contribution in [2.75, 3.05) is 36.1 Å². The van der Waals surface area contributed by atoms with Crippen molar-refractivity contribution in [3.8, 4) is 5.75 Å². The summed E-state index contributed by atoms with van der Waals surface area (Å²) in [4.78, 5) is 13.9. The van der Waals surface area contributed by atoms with E-state index < -0.39 is 0 Å². The normalized spacial score (nSPS) is 21.8. The minimum atomic E-state index is 0.0573. The maximum atomic E-state index is 12.0. The van der Waals surface area contributed by atoms with Gasteiger partial charge in [-0.15, -0.1) is 0 Å². The molecule has 4 nitrogen and oxygen atoms in total. The molecule has 1 aromatic carbocycles. The topological polar surface area (TPSA) is 41.6 Å². The molecule has 1 saturated heterocycles. The van der Waals surface area contributed by atoms with Crippen LogP contribution in [-0.2, 0) is 4.79 Å². The molecule has 1 unspecified atom stereocenters. The van der Waals surface area contributed by atoms with Crippen LogP contribution in [0.3, 0.4) is 0 Å². The maximum absolute atomic E-state index is 12.0. The third kappa shape index (κ3) is 3.71. The number of carbonyl (C=O) groups is 1. The van der Waals surface area contributed by atoms with Gasteiger partial charge in [0.2, 0.25) is 0 Å². The van der Waals surface area contributed by atoms with E-state index >= 15 is 0 Å². The van der Waals surface area contributed by atoms with Crippen molar-refractivity contribution < 1.29 is 9.53 Å². The average Bonchev–Trinajstić information content (AvgIpc) is 2.54. The van der Waals surface area contributed by atoms with Crippen molar-refractivity contribution in [3.63, 3.8) is 0 Å². The molecule has 0 radical (unpaired) electrons. The molecule has 1 amide bonds. The predicted molar refractivity (Wildman–Crippen MR) is 87.3 cm³/mol. The second kappa shape index (κ2) is 7.18. The van der Waals surface area contributed by atoms with Gasteiger partial charge < -0.3 is 15.0 Å². The Hall–Kier alpha value is -1.20. The van der Waals surface area contributed by atoms with Crippen LogP contribution in [0.2, 0.25) is 0 Å². The van der Waals surface area contributed by atoms with Crippen LogP contribution in [0.5, 0.6) is 5.75 Å². The number of rotatable bonds is 5. The number of nitrogens with zero attached hydrogens (tertiary/aromatic N) is 1. The van der Waals surface area contributed by atoms with Gasteiger partial charge in [0.1, 0.15) is 5.75 Å². The molecule has 0 bridgehead atoms. The van der Waals surface area contributed by atoms with Gasteiger partial charge in [-0.3, -0.25) is 4.79 Å². The van der Waals surface area contributed by atoms with Gasteiger partial charge >= 0.3 is 0 Å². The van der Waals surface area contributed by atoms with E-state index in [0.29, 0.717) is 6.04 Å².